The SMILES string of the molecule is COc1cc(C(C)=O)ccc1OS(=O)(=O)c1ccc(C(C)C)cc1. The molecule has 2 aromatic carbocycles. The minimum Gasteiger partial charge on any atom is -0.493 e. The van der Waals surface area contributed by atoms with Crippen LogP contribution >= 0.6 is 0 Å². The number of rotatable bonds is 6. The average molecular weight is 348 g/mol. The van der Waals surface area contributed by atoms with E-state index in [-0.39, 0.29) is 22.2 Å². The number of hydrogen-bond donors (Lipinski definition) is 0. The van der Waals surface area contributed by atoms with Gasteiger partial charge in [0.05, 0.1) is 7.11 Å². The highest BCUT2D eigenvalue weighted by molar-refractivity contribution is 7.87. The fraction of sp³-hybridized carbons (Fsp3) is 0.278. The molecule has 0 amide bonds. The first-order valence-electron chi connectivity index (χ1n) is 7.48. The van der Waals surface area contributed by atoms with E-state index in [9.17, 15) is 13.2 Å². The number of carbonyl (C=O) groups is 1. The van der Waals surface area contributed by atoms with Gasteiger partial charge in [-0.15, -0.1) is 0 Å². The van der Waals surface area contributed by atoms with E-state index in [1.54, 1.807) is 12.1 Å². The molecule has 0 atom stereocenters. The van der Waals surface area contributed by atoms with E-state index in [2.05, 4.69) is 0 Å². The molecule has 0 aliphatic heterocycles. The molecule has 2 rings (SSSR count). The molecule has 0 fully saturated rings. The van der Waals surface area contributed by atoms with Gasteiger partial charge >= 0.3 is 10.1 Å². The van der Waals surface area contributed by atoms with E-state index in [1.807, 2.05) is 13.8 Å². The van der Waals surface area contributed by atoms with E-state index >= 15 is 0 Å². The van der Waals surface area contributed by atoms with Gasteiger partial charge in [-0.1, -0.05) is 26.0 Å². The lowest BCUT2D eigenvalue weighted by Crippen LogP contribution is -2.11. The fourth-order valence-electron chi connectivity index (χ4n) is 2.14. The van der Waals surface area contributed by atoms with Gasteiger partial charge in [0, 0.05) is 5.56 Å². The van der Waals surface area contributed by atoms with Gasteiger partial charge in [0.25, 0.3) is 0 Å². The normalized spacial score (nSPS) is 11.4. The van der Waals surface area contributed by atoms with E-state index in [4.69, 9.17) is 8.92 Å². The summed E-state index contributed by atoms with van der Waals surface area (Å²) >= 11 is 0. The Labute approximate surface area is 142 Å². The van der Waals surface area contributed by atoms with E-state index in [0.29, 0.717) is 11.5 Å². The molecule has 0 saturated heterocycles. The van der Waals surface area contributed by atoms with Crippen LogP contribution in [0.2, 0.25) is 0 Å². The van der Waals surface area contributed by atoms with Gasteiger partial charge in [0.15, 0.2) is 17.3 Å². The van der Waals surface area contributed by atoms with Crippen molar-refractivity contribution in [3.05, 3.63) is 53.6 Å². The molecule has 0 aliphatic carbocycles. The molecule has 0 aromatic heterocycles. The molecule has 0 bridgehead atoms. The fourth-order valence-corrected chi connectivity index (χ4v) is 3.08. The van der Waals surface area contributed by atoms with Crippen molar-refractivity contribution in [2.24, 2.45) is 0 Å². The van der Waals surface area contributed by atoms with Crippen molar-refractivity contribution in [3.63, 3.8) is 0 Å². The van der Waals surface area contributed by atoms with Gasteiger partial charge in [-0.05, 0) is 48.7 Å². The molecular formula is C18H20O5S. The maximum Gasteiger partial charge on any atom is 0.339 e. The van der Waals surface area contributed by atoms with Crippen molar-refractivity contribution in [2.75, 3.05) is 7.11 Å². The molecule has 0 N–H and O–H groups in total. The third kappa shape index (κ3) is 3.94. The Kier molecular flexibility index (Phi) is 5.29. The van der Waals surface area contributed by atoms with E-state index in [0.717, 1.165) is 5.56 Å². The van der Waals surface area contributed by atoms with Crippen LogP contribution in [0, 0.1) is 0 Å². The van der Waals surface area contributed by atoms with Crippen LogP contribution in [0.25, 0.3) is 0 Å². The van der Waals surface area contributed by atoms with Crippen molar-refractivity contribution in [3.8, 4) is 11.5 Å². The summed E-state index contributed by atoms with van der Waals surface area (Å²) in [4.78, 5) is 11.5. The zero-order valence-corrected chi connectivity index (χ0v) is 14.9. The Morgan fingerprint density at radius 2 is 1.62 bits per heavy atom. The van der Waals surface area contributed by atoms with Crippen molar-refractivity contribution in [1.29, 1.82) is 0 Å². The van der Waals surface area contributed by atoms with Crippen LogP contribution in [0.15, 0.2) is 47.4 Å². The highest BCUT2D eigenvalue weighted by Crippen LogP contribution is 2.31. The third-order valence-corrected chi connectivity index (χ3v) is 4.85. The second kappa shape index (κ2) is 7.05. The molecule has 0 heterocycles. The zero-order chi connectivity index (χ0) is 17.9. The van der Waals surface area contributed by atoms with Crippen LogP contribution in [0.5, 0.6) is 11.5 Å². The first-order chi connectivity index (χ1) is 11.2. The van der Waals surface area contributed by atoms with Gasteiger partial charge in [0.2, 0.25) is 0 Å². The second-order valence-corrected chi connectivity index (χ2v) is 7.23. The molecule has 0 radical (unpaired) electrons. The number of Topliss-reactive ketones (excluding diaryl/α,β-unsaturated/α-hetero) is 1. The molecular weight excluding hydrogens is 328 g/mol. The average Bonchev–Trinajstić information content (AvgIpc) is 2.54. The number of ether oxygens (including phenoxy) is 1. The maximum atomic E-state index is 12.4. The predicted octanol–water partition coefficient (Wildman–Crippen LogP) is 3.79. The van der Waals surface area contributed by atoms with Crippen molar-refractivity contribution in [2.45, 2.75) is 31.6 Å². The molecule has 6 heteroatoms. The summed E-state index contributed by atoms with van der Waals surface area (Å²) in [7, 11) is -2.60. The Hall–Kier alpha value is -2.34. The van der Waals surface area contributed by atoms with Crippen molar-refractivity contribution >= 4 is 15.9 Å². The summed E-state index contributed by atoms with van der Waals surface area (Å²) in [5.74, 6) is 0.384. The number of benzene rings is 2. The van der Waals surface area contributed by atoms with Crippen LogP contribution in [-0.4, -0.2) is 21.3 Å². The van der Waals surface area contributed by atoms with Gasteiger partial charge in [0.1, 0.15) is 4.90 Å². The van der Waals surface area contributed by atoms with E-state index < -0.39 is 10.1 Å². The summed E-state index contributed by atoms with van der Waals surface area (Å²) in [5, 5.41) is 0. The minimum absolute atomic E-state index is 0.0374. The Balaban J connectivity index is 2.33. The van der Waals surface area contributed by atoms with Crippen LogP contribution in [0.1, 0.15) is 42.6 Å². The topological polar surface area (TPSA) is 69.7 Å². The first-order valence-corrected chi connectivity index (χ1v) is 8.89. The van der Waals surface area contributed by atoms with Gasteiger partial charge in [-0.2, -0.15) is 8.42 Å². The van der Waals surface area contributed by atoms with Crippen molar-refractivity contribution in [1.82, 2.24) is 0 Å². The summed E-state index contributed by atoms with van der Waals surface area (Å²) < 4.78 is 35.2. The first kappa shape index (κ1) is 18.0. The highest BCUT2D eigenvalue weighted by Gasteiger charge is 2.20. The minimum atomic E-state index is -3.99. The lowest BCUT2D eigenvalue weighted by Gasteiger charge is -2.12. The smallest absolute Gasteiger partial charge is 0.339 e. The van der Waals surface area contributed by atoms with Crippen LogP contribution < -0.4 is 8.92 Å². The van der Waals surface area contributed by atoms with Crippen molar-refractivity contribution < 1.29 is 22.1 Å². The molecule has 0 unspecified atom stereocenters. The van der Waals surface area contributed by atoms with Crippen LogP contribution in [-0.2, 0) is 10.1 Å². The Bertz CT molecular complexity index is 836. The number of carbonyl (C=O) groups excluding carboxylic acids is 1. The summed E-state index contributed by atoms with van der Waals surface area (Å²) in [6, 6.07) is 10.9. The molecule has 24 heavy (non-hydrogen) atoms. The monoisotopic (exact) mass is 348 g/mol. The van der Waals surface area contributed by atoms with Gasteiger partial charge in [-0.25, -0.2) is 0 Å². The van der Waals surface area contributed by atoms with Gasteiger partial charge < -0.3 is 8.92 Å². The molecule has 128 valence electrons. The highest BCUT2D eigenvalue weighted by atomic mass is 32.2. The largest absolute Gasteiger partial charge is 0.493 e. The standard InChI is InChI=1S/C18H20O5S/c1-12(2)14-5-8-16(9-6-14)24(20,21)23-17-10-7-15(13(3)19)11-18(17)22-4/h5-12H,1-4H3. The zero-order valence-electron chi connectivity index (χ0n) is 14.1. The Morgan fingerprint density at radius 3 is 2.12 bits per heavy atom. The third-order valence-electron chi connectivity index (χ3n) is 3.61. The number of hydrogen-bond acceptors (Lipinski definition) is 5. The predicted molar refractivity (Wildman–Crippen MR) is 91.3 cm³/mol. The van der Waals surface area contributed by atoms with Gasteiger partial charge in [-0.3, -0.25) is 4.79 Å². The summed E-state index contributed by atoms with van der Waals surface area (Å²) in [6.45, 7) is 5.48. The summed E-state index contributed by atoms with van der Waals surface area (Å²) in [6.07, 6.45) is 0. The lowest BCUT2D eigenvalue weighted by molar-refractivity contribution is 0.101. The van der Waals surface area contributed by atoms with E-state index in [1.165, 1.54) is 44.4 Å². The molecule has 0 saturated carbocycles. The number of methoxy groups -OCH3 is 1. The Morgan fingerprint density at radius 1 is 1.00 bits per heavy atom. The van der Waals surface area contributed by atoms with Crippen LogP contribution in [0.3, 0.4) is 0 Å². The quantitative estimate of drug-likeness (QED) is 0.587. The lowest BCUT2D eigenvalue weighted by atomic mass is 10.0. The molecule has 5 nitrogen and oxygen atoms in total. The second-order valence-electron chi connectivity index (χ2n) is 5.68. The summed E-state index contributed by atoms with van der Waals surface area (Å²) in [5.41, 5.74) is 1.45. The maximum absolute atomic E-state index is 12.4. The molecule has 0 aliphatic rings. The van der Waals surface area contributed by atoms with Crippen LogP contribution in [0.4, 0.5) is 0 Å². The molecule has 2 aromatic rings. The molecule has 0 spiro atoms. The number of ketones is 1.